The molecule has 5 nitrogen and oxygen atoms in total. The lowest BCUT2D eigenvalue weighted by molar-refractivity contribution is 0.132. The van der Waals surface area contributed by atoms with Gasteiger partial charge in [0.05, 0.1) is 27.5 Å². The van der Waals surface area contributed by atoms with Crippen LogP contribution >= 0.6 is 15.9 Å². The Morgan fingerprint density at radius 3 is 2.26 bits per heavy atom. The van der Waals surface area contributed by atoms with Gasteiger partial charge in [-0.05, 0) is 29.8 Å². The van der Waals surface area contributed by atoms with Crippen LogP contribution in [0, 0.1) is 0 Å². The molecular weight excluding hydrogens is 362 g/mol. The molecule has 0 saturated heterocycles. The van der Waals surface area contributed by atoms with Crippen LogP contribution < -0.4 is 14.2 Å². The maximum atomic E-state index is 5.32. The zero-order chi connectivity index (χ0) is 16.7. The van der Waals surface area contributed by atoms with Crippen molar-refractivity contribution in [3.63, 3.8) is 0 Å². The van der Waals surface area contributed by atoms with Crippen LogP contribution in [0.5, 0.6) is 17.2 Å². The summed E-state index contributed by atoms with van der Waals surface area (Å²) in [5.74, 6) is 1.68. The van der Waals surface area contributed by atoms with Crippen LogP contribution in [-0.4, -0.2) is 27.5 Å². The number of halogens is 1. The van der Waals surface area contributed by atoms with Crippen LogP contribution in [0.2, 0.25) is 0 Å². The fourth-order valence-electron chi connectivity index (χ4n) is 2.01. The quantitative estimate of drug-likeness (QED) is 0.538. The summed E-state index contributed by atoms with van der Waals surface area (Å²) in [6.45, 7) is 0.389. The Bertz CT molecular complexity index is 663. The summed E-state index contributed by atoms with van der Waals surface area (Å²) in [6, 6.07) is 11.5. The van der Waals surface area contributed by atoms with Gasteiger partial charge in [0.25, 0.3) is 0 Å². The minimum Gasteiger partial charge on any atom is -0.493 e. The number of hydrogen-bond acceptors (Lipinski definition) is 5. The van der Waals surface area contributed by atoms with Gasteiger partial charge in [0.2, 0.25) is 5.75 Å². The van der Waals surface area contributed by atoms with Crippen molar-refractivity contribution in [2.45, 2.75) is 6.61 Å². The van der Waals surface area contributed by atoms with Crippen molar-refractivity contribution in [2.75, 3.05) is 21.3 Å². The normalized spacial score (nSPS) is 10.6. The summed E-state index contributed by atoms with van der Waals surface area (Å²) in [4.78, 5) is 5.32. The fraction of sp³-hybridized carbons (Fsp3) is 0.235. The molecule has 0 bridgehead atoms. The highest BCUT2D eigenvalue weighted by molar-refractivity contribution is 9.10. The van der Waals surface area contributed by atoms with Gasteiger partial charge in [0.15, 0.2) is 11.5 Å². The minimum absolute atomic E-state index is 0.389. The molecule has 0 heterocycles. The van der Waals surface area contributed by atoms with E-state index in [1.165, 1.54) is 0 Å². The van der Waals surface area contributed by atoms with Crippen molar-refractivity contribution in [3.05, 3.63) is 52.0 Å². The predicted molar refractivity (Wildman–Crippen MR) is 92.6 cm³/mol. The lowest BCUT2D eigenvalue weighted by Crippen LogP contribution is -1.97. The molecular formula is C17H18BrNO4. The molecule has 0 fully saturated rings. The van der Waals surface area contributed by atoms with Crippen molar-refractivity contribution in [1.82, 2.24) is 0 Å². The third-order valence-corrected chi connectivity index (χ3v) is 3.58. The van der Waals surface area contributed by atoms with Crippen LogP contribution in [0.1, 0.15) is 11.1 Å². The molecule has 0 aliphatic rings. The van der Waals surface area contributed by atoms with Crippen molar-refractivity contribution in [2.24, 2.45) is 5.16 Å². The second kappa shape index (κ2) is 8.43. The number of oxime groups is 1. The lowest BCUT2D eigenvalue weighted by atomic mass is 10.2. The number of nitrogens with zero attached hydrogens (tertiary/aromatic N) is 1. The number of ether oxygens (including phenoxy) is 3. The summed E-state index contributed by atoms with van der Waals surface area (Å²) < 4.78 is 16.9. The molecule has 0 amide bonds. The van der Waals surface area contributed by atoms with Gasteiger partial charge in [0.1, 0.15) is 6.61 Å². The molecule has 2 aromatic rings. The van der Waals surface area contributed by atoms with Crippen LogP contribution in [0.15, 0.2) is 46.0 Å². The van der Waals surface area contributed by atoms with E-state index >= 15 is 0 Å². The van der Waals surface area contributed by atoms with Crippen molar-refractivity contribution in [1.29, 1.82) is 0 Å². The van der Waals surface area contributed by atoms with Gasteiger partial charge in [-0.1, -0.05) is 33.2 Å². The molecule has 2 aromatic carbocycles. The number of rotatable bonds is 7. The molecule has 0 atom stereocenters. The van der Waals surface area contributed by atoms with Crippen LogP contribution in [0.25, 0.3) is 0 Å². The van der Waals surface area contributed by atoms with Gasteiger partial charge in [-0.25, -0.2) is 0 Å². The monoisotopic (exact) mass is 379 g/mol. The topological polar surface area (TPSA) is 49.3 Å². The first-order valence-electron chi connectivity index (χ1n) is 6.87. The van der Waals surface area contributed by atoms with E-state index in [-0.39, 0.29) is 0 Å². The molecule has 0 radical (unpaired) electrons. The lowest BCUT2D eigenvalue weighted by Gasteiger charge is -2.12. The van der Waals surface area contributed by atoms with E-state index in [4.69, 9.17) is 19.0 Å². The second-order valence-corrected chi connectivity index (χ2v) is 5.51. The Balaban J connectivity index is 2.07. The molecule has 0 saturated carbocycles. The van der Waals surface area contributed by atoms with Crippen LogP contribution in [0.3, 0.4) is 0 Å². The first kappa shape index (κ1) is 17.1. The molecule has 0 N–H and O–H groups in total. The third kappa shape index (κ3) is 4.63. The molecule has 0 aliphatic heterocycles. The van der Waals surface area contributed by atoms with E-state index in [0.29, 0.717) is 23.9 Å². The van der Waals surface area contributed by atoms with Crippen molar-refractivity contribution in [3.8, 4) is 17.2 Å². The number of hydrogen-bond donors (Lipinski definition) is 0. The molecule has 0 aliphatic carbocycles. The Morgan fingerprint density at radius 2 is 1.70 bits per heavy atom. The molecule has 23 heavy (non-hydrogen) atoms. The highest BCUT2D eigenvalue weighted by Crippen LogP contribution is 2.37. The second-order valence-electron chi connectivity index (χ2n) is 4.60. The van der Waals surface area contributed by atoms with Gasteiger partial charge in [-0.2, -0.15) is 0 Å². The zero-order valence-corrected chi connectivity index (χ0v) is 14.8. The van der Waals surface area contributed by atoms with E-state index in [2.05, 4.69) is 21.1 Å². The highest BCUT2D eigenvalue weighted by Gasteiger charge is 2.12. The average molecular weight is 380 g/mol. The summed E-state index contributed by atoms with van der Waals surface area (Å²) in [5.41, 5.74) is 1.81. The Labute approximate surface area is 143 Å². The molecule has 6 heteroatoms. The van der Waals surface area contributed by atoms with E-state index < -0.39 is 0 Å². The van der Waals surface area contributed by atoms with E-state index in [1.807, 2.05) is 24.3 Å². The Morgan fingerprint density at radius 1 is 1.00 bits per heavy atom. The molecule has 0 aromatic heterocycles. The molecule has 2 rings (SSSR count). The summed E-state index contributed by atoms with van der Waals surface area (Å²) >= 11 is 3.42. The molecule has 122 valence electrons. The average Bonchev–Trinajstić information content (AvgIpc) is 2.57. The van der Waals surface area contributed by atoms with Gasteiger partial charge in [-0.15, -0.1) is 0 Å². The SMILES string of the molecule is COc1cc(C=NOCc2cccc(Br)c2)cc(OC)c1OC. The largest absolute Gasteiger partial charge is 0.493 e. The maximum Gasteiger partial charge on any atom is 0.203 e. The summed E-state index contributed by atoms with van der Waals surface area (Å²) in [7, 11) is 4.71. The van der Waals surface area contributed by atoms with E-state index in [0.717, 1.165) is 15.6 Å². The smallest absolute Gasteiger partial charge is 0.203 e. The summed E-state index contributed by atoms with van der Waals surface area (Å²) in [5, 5.41) is 3.98. The van der Waals surface area contributed by atoms with Crippen LogP contribution in [0.4, 0.5) is 0 Å². The van der Waals surface area contributed by atoms with Gasteiger partial charge in [0, 0.05) is 10.0 Å². The highest BCUT2D eigenvalue weighted by atomic mass is 79.9. The zero-order valence-electron chi connectivity index (χ0n) is 13.2. The number of methoxy groups -OCH3 is 3. The summed E-state index contributed by atoms with van der Waals surface area (Å²) in [6.07, 6.45) is 1.60. The Hall–Kier alpha value is -2.21. The first-order valence-corrected chi connectivity index (χ1v) is 7.67. The maximum absolute atomic E-state index is 5.32. The third-order valence-electron chi connectivity index (χ3n) is 3.08. The molecule has 0 spiro atoms. The fourth-order valence-corrected chi connectivity index (χ4v) is 2.46. The van der Waals surface area contributed by atoms with Crippen molar-refractivity contribution < 1.29 is 19.0 Å². The van der Waals surface area contributed by atoms with Gasteiger partial charge < -0.3 is 19.0 Å². The van der Waals surface area contributed by atoms with Gasteiger partial charge >= 0.3 is 0 Å². The number of benzene rings is 2. The Kier molecular flexibility index (Phi) is 6.29. The molecule has 0 unspecified atom stereocenters. The minimum atomic E-state index is 0.389. The predicted octanol–water partition coefficient (Wildman–Crippen LogP) is 4.03. The van der Waals surface area contributed by atoms with E-state index in [9.17, 15) is 0 Å². The van der Waals surface area contributed by atoms with Gasteiger partial charge in [-0.3, -0.25) is 0 Å². The standard InChI is InChI=1S/C17H18BrNO4/c1-20-15-8-13(9-16(21-2)17(15)22-3)10-19-23-11-12-5-4-6-14(18)7-12/h4-10H,11H2,1-3H3. The first-order chi connectivity index (χ1) is 11.2. The van der Waals surface area contributed by atoms with Crippen molar-refractivity contribution >= 4 is 22.1 Å². The van der Waals surface area contributed by atoms with E-state index in [1.54, 1.807) is 39.7 Å². The van der Waals surface area contributed by atoms with Crippen LogP contribution in [-0.2, 0) is 11.4 Å².